The van der Waals surface area contributed by atoms with Gasteiger partial charge in [-0.25, -0.2) is 9.13 Å². The van der Waals surface area contributed by atoms with Gasteiger partial charge in [0.25, 0.3) is 0 Å². The normalized spacial score (nSPS) is 14.1. The van der Waals surface area contributed by atoms with Gasteiger partial charge in [0, 0.05) is 25.7 Å². The number of allylic oxidation sites excluding steroid dienone is 6. The van der Waals surface area contributed by atoms with Gasteiger partial charge in [0.2, 0.25) is 0 Å². The Morgan fingerprint density at radius 3 is 0.786 bits per heavy atom. The van der Waals surface area contributed by atoms with Crippen molar-refractivity contribution >= 4 is 39.5 Å². The highest BCUT2D eigenvalue weighted by Crippen LogP contribution is 2.45. The summed E-state index contributed by atoms with van der Waals surface area (Å²) in [4.78, 5) is 72.9. The maximum atomic E-state index is 13.1. The fourth-order valence-corrected chi connectivity index (χ4v) is 13.0. The van der Waals surface area contributed by atoms with Gasteiger partial charge in [-0.05, 0) is 64.2 Å². The summed E-state index contributed by atoms with van der Waals surface area (Å²) in [7, 11) is -9.92. The number of esters is 4. The molecule has 0 radical (unpaired) electrons. The van der Waals surface area contributed by atoms with E-state index in [0.717, 1.165) is 128 Å². The molecule has 5 atom stereocenters. The van der Waals surface area contributed by atoms with Crippen LogP contribution < -0.4 is 0 Å². The topological polar surface area (TPSA) is 237 Å². The second-order valence-corrected chi connectivity index (χ2v) is 30.3. The molecule has 0 bridgehead atoms. The van der Waals surface area contributed by atoms with Crippen LogP contribution in [0.2, 0.25) is 0 Å². The van der Waals surface area contributed by atoms with Crippen LogP contribution in [0.15, 0.2) is 36.5 Å². The molecule has 19 heteroatoms. The number of phosphoric acid groups is 2. The molecule has 0 aliphatic rings. The van der Waals surface area contributed by atoms with E-state index in [2.05, 4.69) is 64.2 Å². The van der Waals surface area contributed by atoms with Gasteiger partial charge in [-0.3, -0.25) is 37.3 Å². The lowest BCUT2D eigenvalue weighted by molar-refractivity contribution is -0.161. The number of phosphoric ester groups is 2. The zero-order valence-corrected chi connectivity index (χ0v) is 64.8. The Balaban J connectivity index is 5.25. The van der Waals surface area contributed by atoms with E-state index in [1.165, 1.54) is 180 Å². The molecule has 576 valence electrons. The van der Waals surface area contributed by atoms with Crippen molar-refractivity contribution < 1.29 is 80.2 Å². The van der Waals surface area contributed by atoms with Crippen LogP contribution in [0.4, 0.5) is 0 Å². The molecule has 0 amide bonds. The molecule has 0 rings (SSSR count). The number of rotatable bonds is 77. The summed E-state index contributed by atoms with van der Waals surface area (Å²) in [5.74, 6) is -2.14. The van der Waals surface area contributed by atoms with Crippen molar-refractivity contribution in [3.63, 3.8) is 0 Å². The van der Waals surface area contributed by atoms with E-state index in [-0.39, 0.29) is 25.7 Å². The van der Waals surface area contributed by atoms with Crippen LogP contribution in [0.1, 0.15) is 387 Å². The van der Waals surface area contributed by atoms with Crippen LogP contribution in [0.3, 0.4) is 0 Å². The van der Waals surface area contributed by atoms with Crippen LogP contribution in [-0.2, 0) is 65.4 Å². The Labute approximate surface area is 598 Å². The first-order chi connectivity index (χ1) is 47.7. The van der Waals surface area contributed by atoms with E-state index in [0.29, 0.717) is 25.7 Å². The smallest absolute Gasteiger partial charge is 0.462 e. The average molecular weight is 1430 g/mol. The molecule has 0 aromatic rings. The Bertz CT molecular complexity index is 2000. The van der Waals surface area contributed by atoms with Crippen LogP contribution in [0.5, 0.6) is 0 Å². The van der Waals surface area contributed by atoms with E-state index in [1.54, 1.807) is 0 Å². The molecule has 0 fully saturated rings. The fraction of sp³-hybridized carbons (Fsp3) is 0.873. The van der Waals surface area contributed by atoms with Crippen molar-refractivity contribution in [3.8, 4) is 0 Å². The summed E-state index contributed by atoms with van der Waals surface area (Å²) in [6, 6.07) is 0. The van der Waals surface area contributed by atoms with Gasteiger partial charge < -0.3 is 33.8 Å². The van der Waals surface area contributed by atoms with Crippen LogP contribution >= 0.6 is 15.6 Å². The van der Waals surface area contributed by atoms with E-state index in [1.807, 2.05) is 0 Å². The van der Waals surface area contributed by atoms with Crippen molar-refractivity contribution in [1.82, 2.24) is 0 Å². The van der Waals surface area contributed by atoms with E-state index in [9.17, 15) is 43.2 Å². The third kappa shape index (κ3) is 71.7. The maximum Gasteiger partial charge on any atom is 0.472 e. The molecule has 0 spiro atoms. The summed E-state index contributed by atoms with van der Waals surface area (Å²) in [6.45, 7) is 4.92. The minimum Gasteiger partial charge on any atom is -0.462 e. The number of carbonyl (C=O) groups excluding carboxylic acids is 4. The predicted molar refractivity (Wildman–Crippen MR) is 400 cm³/mol. The molecule has 17 nitrogen and oxygen atoms in total. The maximum absolute atomic E-state index is 13.1. The fourth-order valence-electron chi connectivity index (χ4n) is 11.5. The van der Waals surface area contributed by atoms with Gasteiger partial charge in [-0.15, -0.1) is 0 Å². The molecule has 0 aliphatic heterocycles. The molecule has 0 saturated carbocycles. The highest BCUT2D eigenvalue weighted by atomic mass is 31.2. The number of aliphatic hydroxyl groups excluding tert-OH is 1. The van der Waals surface area contributed by atoms with Gasteiger partial charge in [0.05, 0.1) is 26.4 Å². The van der Waals surface area contributed by atoms with Gasteiger partial charge in [-0.1, -0.05) is 334 Å². The third-order valence-corrected chi connectivity index (χ3v) is 19.5. The van der Waals surface area contributed by atoms with E-state index < -0.39 is 97.5 Å². The summed E-state index contributed by atoms with van der Waals surface area (Å²) in [5.41, 5.74) is 0. The van der Waals surface area contributed by atoms with Crippen LogP contribution in [0, 0.1) is 0 Å². The van der Waals surface area contributed by atoms with Crippen molar-refractivity contribution in [2.75, 3.05) is 39.6 Å². The molecule has 98 heavy (non-hydrogen) atoms. The third-order valence-electron chi connectivity index (χ3n) is 17.6. The van der Waals surface area contributed by atoms with Crippen LogP contribution in [0.25, 0.3) is 0 Å². The average Bonchev–Trinajstić information content (AvgIpc) is 1.00. The first-order valence-corrected chi connectivity index (χ1v) is 43.2. The van der Waals surface area contributed by atoms with Gasteiger partial charge >= 0.3 is 39.5 Å². The highest BCUT2D eigenvalue weighted by molar-refractivity contribution is 7.47. The molecular formula is C79H148O17P2. The Morgan fingerprint density at radius 1 is 0.286 bits per heavy atom. The van der Waals surface area contributed by atoms with Crippen molar-refractivity contribution in [1.29, 1.82) is 0 Å². The molecular weight excluding hydrogens is 1280 g/mol. The molecule has 0 aliphatic carbocycles. The quantitative estimate of drug-likeness (QED) is 0.0169. The minimum atomic E-state index is -4.96. The van der Waals surface area contributed by atoms with Crippen LogP contribution in [-0.4, -0.2) is 96.7 Å². The zero-order valence-electron chi connectivity index (χ0n) is 63.0. The molecule has 3 N–H and O–H groups in total. The summed E-state index contributed by atoms with van der Waals surface area (Å²) < 4.78 is 68.6. The lowest BCUT2D eigenvalue weighted by Gasteiger charge is -2.21. The highest BCUT2D eigenvalue weighted by Gasteiger charge is 2.30. The largest absolute Gasteiger partial charge is 0.472 e. The second-order valence-electron chi connectivity index (χ2n) is 27.4. The minimum absolute atomic E-state index is 0.1000. The Morgan fingerprint density at radius 2 is 0.500 bits per heavy atom. The van der Waals surface area contributed by atoms with Crippen molar-refractivity contribution in [2.24, 2.45) is 0 Å². The van der Waals surface area contributed by atoms with Crippen molar-refractivity contribution in [2.45, 2.75) is 406 Å². The number of unbranched alkanes of at least 4 members (excludes halogenated alkanes) is 45. The predicted octanol–water partition coefficient (Wildman–Crippen LogP) is 23.1. The second kappa shape index (κ2) is 72.6. The monoisotopic (exact) mass is 1430 g/mol. The number of ether oxygens (including phenoxy) is 4. The number of carbonyl (C=O) groups is 4. The lowest BCUT2D eigenvalue weighted by atomic mass is 10.0. The van der Waals surface area contributed by atoms with Gasteiger partial charge in [0.1, 0.15) is 19.3 Å². The molecule has 0 saturated heterocycles. The number of hydrogen-bond donors (Lipinski definition) is 3. The molecule has 0 aromatic heterocycles. The summed E-state index contributed by atoms with van der Waals surface area (Å²) in [5, 5.41) is 10.6. The molecule has 5 unspecified atom stereocenters. The molecule has 0 heterocycles. The Hall–Kier alpha value is -2.72. The van der Waals surface area contributed by atoms with E-state index in [4.69, 9.17) is 37.0 Å². The molecule has 0 aromatic carbocycles. The van der Waals surface area contributed by atoms with Crippen molar-refractivity contribution in [3.05, 3.63) is 36.5 Å². The van der Waals surface area contributed by atoms with E-state index >= 15 is 0 Å². The first kappa shape index (κ1) is 95.3. The number of aliphatic hydroxyl groups is 1. The SMILES string of the molecule is CCCCC/C=C\C/C=C\C/C=C\CCCCCCCCC(=O)OCC(COP(=O)(O)OCC(O)COP(=O)(O)OCC(COC(=O)CCCCCCCCCCCCCCCCC)OC(=O)CCCCCCCCCCCCCCC)OC(=O)CCCCCCCCCCCCC. The van der Waals surface area contributed by atoms with Gasteiger partial charge in [-0.2, -0.15) is 0 Å². The first-order valence-electron chi connectivity index (χ1n) is 40.2. The Kier molecular flexibility index (Phi) is 70.6. The number of hydrogen-bond acceptors (Lipinski definition) is 15. The summed E-state index contributed by atoms with van der Waals surface area (Å²) >= 11 is 0. The standard InChI is InChI=1S/C79H148O17P2/c1-5-9-13-17-21-25-29-32-34-35-36-37-39-42-45-48-52-56-60-64-77(82)89-69-74(95-78(83)65-61-57-53-49-43-28-24-20-16-12-8-4)71-93-97(85,86)91-67-73(80)68-92-98(87,88)94-72-75(96-79(84)66-62-58-54-50-46-40-31-27-23-19-15-11-7-3)70-90-76(81)63-59-55-51-47-44-41-38-33-30-26-22-18-14-10-6-2/h21,25,32,34,36-37,73-75,80H,5-20,22-24,26-31,33,35,38-72H2,1-4H3,(H,85,86)(H,87,88)/b25-21-,34-32-,37-36-. The van der Waals surface area contributed by atoms with Gasteiger partial charge in [0.15, 0.2) is 12.2 Å². The lowest BCUT2D eigenvalue weighted by Crippen LogP contribution is -2.30. The zero-order chi connectivity index (χ0) is 71.8. The summed E-state index contributed by atoms with van der Waals surface area (Å²) in [6.07, 6.45) is 68.3.